The number of Topliss-reactive ketones (excluding diaryl/α,β-unsaturated/α-hetero) is 1. The van der Waals surface area contributed by atoms with Crippen molar-refractivity contribution in [1.29, 1.82) is 0 Å². The van der Waals surface area contributed by atoms with Crippen molar-refractivity contribution in [3.8, 4) is 0 Å². The van der Waals surface area contributed by atoms with E-state index in [0.29, 0.717) is 17.1 Å². The highest BCUT2D eigenvalue weighted by Crippen LogP contribution is 2.14. The molecule has 25 heavy (non-hydrogen) atoms. The predicted molar refractivity (Wildman–Crippen MR) is 93.5 cm³/mol. The second-order valence-electron chi connectivity index (χ2n) is 5.39. The molecule has 1 heterocycles. The third-order valence-electron chi connectivity index (χ3n) is 3.29. The Labute approximate surface area is 149 Å². The minimum absolute atomic E-state index is 0.0645. The summed E-state index contributed by atoms with van der Waals surface area (Å²) in [6.07, 6.45) is -0.300. The maximum atomic E-state index is 12.1. The number of hydrogen-bond acceptors (Lipinski definition) is 7. The highest BCUT2D eigenvalue weighted by atomic mass is 32.1. The van der Waals surface area contributed by atoms with Crippen LogP contribution in [-0.2, 0) is 14.3 Å². The van der Waals surface area contributed by atoms with E-state index in [9.17, 15) is 14.4 Å². The summed E-state index contributed by atoms with van der Waals surface area (Å²) in [7, 11) is 0. The van der Waals surface area contributed by atoms with Crippen LogP contribution in [0.2, 0.25) is 0 Å². The number of esters is 1. The largest absolute Gasteiger partial charge is 0.454 e. The molecule has 8 heteroatoms. The van der Waals surface area contributed by atoms with Gasteiger partial charge in [-0.1, -0.05) is 41.7 Å². The smallest absolute Gasteiger partial charge is 0.306 e. The molecule has 2 rings (SSSR count). The Kier molecular flexibility index (Phi) is 6.76. The monoisotopic (exact) mass is 361 g/mol. The van der Waals surface area contributed by atoms with E-state index in [2.05, 4.69) is 15.5 Å². The fourth-order valence-electron chi connectivity index (χ4n) is 2.07. The molecule has 0 saturated carbocycles. The first-order valence-corrected chi connectivity index (χ1v) is 8.66. The Morgan fingerprint density at radius 3 is 2.52 bits per heavy atom. The van der Waals surface area contributed by atoms with E-state index < -0.39 is 12.1 Å². The summed E-state index contributed by atoms with van der Waals surface area (Å²) in [6.45, 7) is 3.33. The molecule has 2 aromatic rings. The third kappa shape index (κ3) is 6.07. The number of nitrogens with zero attached hydrogens (tertiary/aromatic N) is 2. The van der Waals surface area contributed by atoms with Gasteiger partial charge in [-0.3, -0.25) is 14.4 Å². The van der Waals surface area contributed by atoms with Gasteiger partial charge in [0.25, 0.3) is 0 Å². The highest BCUT2D eigenvalue weighted by molar-refractivity contribution is 7.15. The van der Waals surface area contributed by atoms with Crippen molar-refractivity contribution in [3.05, 3.63) is 40.9 Å². The Morgan fingerprint density at radius 1 is 1.16 bits per heavy atom. The molecule has 0 unspecified atom stereocenters. The topological polar surface area (TPSA) is 98.2 Å². The molecule has 0 bridgehead atoms. The molecule has 0 aliphatic rings. The van der Waals surface area contributed by atoms with Crippen LogP contribution in [0.5, 0.6) is 0 Å². The summed E-state index contributed by atoms with van der Waals surface area (Å²) >= 11 is 1.28. The number of anilines is 1. The quantitative estimate of drug-likeness (QED) is 0.573. The number of carbonyl (C=O) groups is 3. The van der Waals surface area contributed by atoms with Crippen LogP contribution < -0.4 is 5.32 Å². The minimum Gasteiger partial charge on any atom is -0.454 e. The lowest BCUT2D eigenvalue weighted by Gasteiger charge is -2.12. The van der Waals surface area contributed by atoms with Crippen LogP contribution >= 0.6 is 11.3 Å². The van der Waals surface area contributed by atoms with E-state index in [1.165, 1.54) is 18.3 Å². The summed E-state index contributed by atoms with van der Waals surface area (Å²) in [6, 6.07) is 8.65. The van der Waals surface area contributed by atoms with Gasteiger partial charge in [0, 0.05) is 18.4 Å². The number of ether oxygens (including phenoxy) is 1. The van der Waals surface area contributed by atoms with Crippen molar-refractivity contribution in [2.24, 2.45) is 0 Å². The third-order valence-corrected chi connectivity index (χ3v) is 4.05. The Bertz CT molecular complexity index is 745. The summed E-state index contributed by atoms with van der Waals surface area (Å²) in [5.41, 5.74) is 0.495. The SMILES string of the molecule is Cc1nnc(NC(=O)CCCC(=O)O[C@H](C)C(=O)c2ccccc2)s1. The zero-order chi connectivity index (χ0) is 18.2. The number of rotatable bonds is 8. The van der Waals surface area contributed by atoms with Gasteiger partial charge in [0.05, 0.1) is 0 Å². The summed E-state index contributed by atoms with van der Waals surface area (Å²) in [5.74, 6) is -0.993. The van der Waals surface area contributed by atoms with Crippen molar-refractivity contribution in [1.82, 2.24) is 10.2 Å². The molecule has 1 N–H and O–H groups in total. The van der Waals surface area contributed by atoms with E-state index in [4.69, 9.17) is 4.74 Å². The number of nitrogens with one attached hydrogen (secondary N) is 1. The fourth-order valence-corrected chi connectivity index (χ4v) is 2.68. The van der Waals surface area contributed by atoms with Crippen LogP contribution in [0, 0.1) is 6.92 Å². The molecule has 132 valence electrons. The fraction of sp³-hybridized carbons (Fsp3) is 0.353. The van der Waals surface area contributed by atoms with Gasteiger partial charge in [-0.2, -0.15) is 0 Å². The number of benzene rings is 1. The molecule has 0 spiro atoms. The lowest BCUT2D eigenvalue weighted by Crippen LogP contribution is -2.24. The standard InChI is InChI=1S/C17H19N3O4S/c1-11(16(23)13-7-4-3-5-8-13)24-15(22)10-6-9-14(21)18-17-20-19-12(2)25-17/h3-5,7-8,11H,6,9-10H2,1-2H3,(H,18,20,21)/t11-/m1/s1. The average Bonchev–Trinajstić information content (AvgIpc) is 2.99. The zero-order valence-electron chi connectivity index (χ0n) is 14.0. The number of aryl methyl sites for hydroxylation is 1. The Balaban J connectivity index is 1.69. The number of carbonyl (C=O) groups excluding carboxylic acids is 3. The number of amides is 1. The molecule has 0 saturated heterocycles. The second-order valence-corrected chi connectivity index (χ2v) is 6.57. The summed E-state index contributed by atoms with van der Waals surface area (Å²) in [5, 5.41) is 11.4. The van der Waals surface area contributed by atoms with Gasteiger partial charge < -0.3 is 10.1 Å². The van der Waals surface area contributed by atoms with Gasteiger partial charge >= 0.3 is 5.97 Å². The zero-order valence-corrected chi connectivity index (χ0v) is 14.8. The van der Waals surface area contributed by atoms with E-state index in [1.54, 1.807) is 31.2 Å². The number of aromatic nitrogens is 2. The molecule has 0 radical (unpaired) electrons. The van der Waals surface area contributed by atoms with Crippen LogP contribution in [-0.4, -0.2) is 34.0 Å². The van der Waals surface area contributed by atoms with E-state index >= 15 is 0 Å². The average molecular weight is 361 g/mol. The van der Waals surface area contributed by atoms with Gasteiger partial charge in [-0.25, -0.2) is 0 Å². The van der Waals surface area contributed by atoms with Crippen molar-refractivity contribution in [3.63, 3.8) is 0 Å². The van der Waals surface area contributed by atoms with Crippen molar-refractivity contribution in [2.75, 3.05) is 5.32 Å². The summed E-state index contributed by atoms with van der Waals surface area (Å²) in [4.78, 5) is 35.7. The molecular weight excluding hydrogens is 342 g/mol. The maximum absolute atomic E-state index is 12.1. The second kappa shape index (κ2) is 9.03. The molecule has 7 nitrogen and oxygen atoms in total. The van der Waals surface area contributed by atoms with Gasteiger partial charge in [-0.05, 0) is 20.3 Å². The molecule has 1 amide bonds. The first-order valence-electron chi connectivity index (χ1n) is 7.84. The Hall–Kier alpha value is -2.61. The van der Waals surface area contributed by atoms with Crippen LogP contribution in [0.4, 0.5) is 5.13 Å². The maximum Gasteiger partial charge on any atom is 0.306 e. The van der Waals surface area contributed by atoms with Crippen molar-refractivity contribution >= 4 is 34.1 Å². The molecule has 1 aromatic carbocycles. The van der Waals surface area contributed by atoms with E-state index in [1.807, 2.05) is 6.07 Å². The molecule has 1 atom stereocenters. The van der Waals surface area contributed by atoms with Gasteiger partial charge in [-0.15, -0.1) is 10.2 Å². The number of hydrogen-bond donors (Lipinski definition) is 1. The van der Waals surface area contributed by atoms with Crippen molar-refractivity contribution in [2.45, 2.75) is 39.2 Å². The molecular formula is C17H19N3O4S. The molecule has 0 aliphatic heterocycles. The first kappa shape index (κ1) is 18.7. The van der Waals surface area contributed by atoms with Gasteiger partial charge in [0.15, 0.2) is 6.10 Å². The van der Waals surface area contributed by atoms with Crippen LogP contribution in [0.3, 0.4) is 0 Å². The normalized spacial score (nSPS) is 11.6. The van der Waals surface area contributed by atoms with E-state index in [-0.39, 0.29) is 24.5 Å². The predicted octanol–water partition coefficient (Wildman–Crippen LogP) is 2.77. The van der Waals surface area contributed by atoms with Gasteiger partial charge in [0.2, 0.25) is 16.8 Å². The molecule has 0 aliphatic carbocycles. The number of ketones is 1. The van der Waals surface area contributed by atoms with Crippen molar-refractivity contribution < 1.29 is 19.1 Å². The van der Waals surface area contributed by atoms with Gasteiger partial charge in [0.1, 0.15) is 5.01 Å². The molecule has 1 aromatic heterocycles. The lowest BCUT2D eigenvalue weighted by atomic mass is 10.1. The minimum atomic E-state index is -0.854. The molecule has 0 fully saturated rings. The lowest BCUT2D eigenvalue weighted by molar-refractivity contribution is -0.146. The first-order chi connectivity index (χ1) is 12.0. The Morgan fingerprint density at radius 2 is 1.88 bits per heavy atom. The van der Waals surface area contributed by atoms with Crippen LogP contribution in [0.15, 0.2) is 30.3 Å². The highest BCUT2D eigenvalue weighted by Gasteiger charge is 2.19. The van der Waals surface area contributed by atoms with Crippen LogP contribution in [0.1, 0.15) is 41.6 Å². The van der Waals surface area contributed by atoms with Crippen LogP contribution in [0.25, 0.3) is 0 Å². The van der Waals surface area contributed by atoms with E-state index in [0.717, 1.165) is 5.01 Å². The summed E-state index contributed by atoms with van der Waals surface area (Å²) < 4.78 is 5.13.